The molecule has 2 N–H and O–H groups in total. The third-order valence-corrected chi connectivity index (χ3v) is 3.90. The van der Waals surface area contributed by atoms with Crippen LogP contribution in [0.4, 0.5) is 0 Å². The average Bonchev–Trinajstić information content (AvgIpc) is 2.36. The van der Waals surface area contributed by atoms with Crippen molar-refractivity contribution in [3.63, 3.8) is 0 Å². The Labute approximate surface area is 108 Å². The highest BCUT2D eigenvalue weighted by atomic mass is 16.2. The Hall–Kier alpha value is -1.42. The van der Waals surface area contributed by atoms with Gasteiger partial charge in [-0.25, -0.2) is 0 Å². The predicted molar refractivity (Wildman–Crippen MR) is 70.7 cm³/mol. The topological polar surface area (TPSA) is 59.2 Å². The number of pyridine rings is 1. The van der Waals surface area contributed by atoms with Gasteiger partial charge in [-0.2, -0.15) is 0 Å². The van der Waals surface area contributed by atoms with E-state index in [-0.39, 0.29) is 11.3 Å². The van der Waals surface area contributed by atoms with Crippen molar-refractivity contribution < 1.29 is 4.79 Å². The van der Waals surface area contributed by atoms with Gasteiger partial charge in [-0.3, -0.25) is 9.78 Å². The van der Waals surface area contributed by atoms with E-state index in [9.17, 15) is 4.79 Å². The Kier molecular flexibility index (Phi) is 3.97. The molecule has 0 radical (unpaired) electrons. The highest BCUT2D eigenvalue weighted by molar-refractivity contribution is 5.83. The van der Waals surface area contributed by atoms with Crippen LogP contribution in [0.25, 0.3) is 0 Å². The minimum Gasteiger partial charge on any atom is -0.337 e. The molecular weight excluding hydrogens is 226 g/mol. The lowest BCUT2D eigenvalue weighted by Gasteiger charge is -2.42. The van der Waals surface area contributed by atoms with E-state index in [1.807, 2.05) is 30.0 Å². The summed E-state index contributed by atoms with van der Waals surface area (Å²) in [6, 6.07) is 5.78. The van der Waals surface area contributed by atoms with Crippen molar-refractivity contribution in [3.8, 4) is 0 Å². The Morgan fingerprint density at radius 2 is 2.28 bits per heavy atom. The molecule has 0 bridgehead atoms. The molecule has 0 unspecified atom stereocenters. The van der Waals surface area contributed by atoms with E-state index in [1.54, 1.807) is 6.20 Å². The second kappa shape index (κ2) is 5.48. The van der Waals surface area contributed by atoms with E-state index in [0.717, 1.165) is 25.0 Å². The van der Waals surface area contributed by atoms with Crippen molar-refractivity contribution in [1.82, 2.24) is 9.88 Å². The normalized spacial score (nSPS) is 17.0. The third-order valence-electron chi connectivity index (χ3n) is 3.90. The highest BCUT2D eigenvalue weighted by Crippen LogP contribution is 2.41. The molecule has 0 aliphatic heterocycles. The van der Waals surface area contributed by atoms with Gasteiger partial charge in [-0.05, 0) is 31.9 Å². The molecule has 2 rings (SSSR count). The zero-order chi connectivity index (χ0) is 13.0. The molecule has 1 aliphatic carbocycles. The van der Waals surface area contributed by atoms with Crippen LogP contribution in [-0.2, 0) is 11.3 Å². The van der Waals surface area contributed by atoms with E-state index < -0.39 is 0 Å². The van der Waals surface area contributed by atoms with Crippen LogP contribution in [-0.4, -0.2) is 28.9 Å². The summed E-state index contributed by atoms with van der Waals surface area (Å²) in [6.07, 6.45) is 4.74. The SMILES string of the molecule is CCN(Cc1ccccn1)C(=O)C1(CN)CCC1. The molecule has 4 heteroatoms. The molecule has 0 saturated heterocycles. The molecule has 1 saturated carbocycles. The molecule has 0 aromatic carbocycles. The minimum atomic E-state index is -0.287. The van der Waals surface area contributed by atoms with Crippen LogP contribution >= 0.6 is 0 Å². The van der Waals surface area contributed by atoms with Crippen molar-refractivity contribution in [2.75, 3.05) is 13.1 Å². The number of rotatable bonds is 5. The summed E-state index contributed by atoms with van der Waals surface area (Å²) < 4.78 is 0. The van der Waals surface area contributed by atoms with Gasteiger partial charge in [0, 0.05) is 19.3 Å². The number of nitrogens with two attached hydrogens (primary N) is 1. The van der Waals surface area contributed by atoms with Crippen molar-refractivity contribution in [3.05, 3.63) is 30.1 Å². The van der Waals surface area contributed by atoms with Gasteiger partial charge in [-0.1, -0.05) is 12.5 Å². The van der Waals surface area contributed by atoms with Crippen LogP contribution in [0.15, 0.2) is 24.4 Å². The zero-order valence-corrected chi connectivity index (χ0v) is 10.9. The van der Waals surface area contributed by atoms with Gasteiger partial charge < -0.3 is 10.6 Å². The van der Waals surface area contributed by atoms with Gasteiger partial charge in [0.25, 0.3) is 0 Å². The maximum absolute atomic E-state index is 12.5. The number of carbonyl (C=O) groups excluding carboxylic acids is 1. The first-order valence-corrected chi connectivity index (χ1v) is 6.61. The molecule has 1 aromatic rings. The van der Waals surface area contributed by atoms with E-state index in [4.69, 9.17) is 5.73 Å². The Bertz CT molecular complexity index is 395. The Morgan fingerprint density at radius 1 is 1.50 bits per heavy atom. The summed E-state index contributed by atoms with van der Waals surface area (Å²) in [6.45, 7) is 3.75. The summed E-state index contributed by atoms with van der Waals surface area (Å²) in [5, 5.41) is 0. The first kappa shape index (κ1) is 13.0. The number of amides is 1. The van der Waals surface area contributed by atoms with E-state index in [2.05, 4.69) is 4.98 Å². The number of hydrogen-bond donors (Lipinski definition) is 1. The molecule has 0 atom stereocenters. The van der Waals surface area contributed by atoms with Crippen molar-refractivity contribution in [2.24, 2.45) is 11.1 Å². The Morgan fingerprint density at radius 3 is 2.72 bits per heavy atom. The summed E-state index contributed by atoms with van der Waals surface area (Å²) in [5.41, 5.74) is 6.44. The third kappa shape index (κ3) is 2.38. The first-order valence-electron chi connectivity index (χ1n) is 6.61. The second-order valence-corrected chi connectivity index (χ2v) is 4.98. The van der Waals surface area contributed by atoms with Crippen molar-refractivity contribution in [1.29, 1.82) is 0 Å². The van der Waals surface area contributed by atoms with Gasteiger partial charge in [0.1, 0.15) is 0 Å². The van der Waals surface area contributed by atoms with Crippen LogP contribution in [0.2, 0.25) is 0 Å². The second-order valence-electron chi connectivity index (χ2n) is 4.98. The van der Waals surface area contributed by atoms with Gasteiger partial charge >= 0.3 is 0 Å². The van der Waals surface area contributed by atoms with E-state index in [0.29, 0.717) is 19.6 Å². The maximum atomic E-state index is 12.5. The molecule has 4 nitrogen and oxygen atoms in total. The van der Waals surface area contributed by atoms with Crippen LogP contribution in [0.3, 0.4) is 0 Å². The van der Waals surface area contributed by atoms with Gasteiger partial charge in [-0.15, -0.1) is 0 Å². The van der Waals surface area contributed by atoms with Gasteiger partial charge in [0.05, 0.1) is 17.7 Å². The van der Waals surface area contributed by atoms with Crippen molar-refractivity contribution >= 4 is 5.91 Å². The van der Waals surface area contributed by atoms with Crippen LogP contribution in [0.5, 0.6) is 0 Å². The van der Waals surface area contributed by atoms with Gasteiger partial charge in [0.15, 0.2) is 0 Å². The fraction of sp³-hybridized carbons (Fsp3) is 0.571. The number of aromatic nitrogens is 1. The Balaban J connectivity index is 2.07. The minimum absolute atomic E-state index is 0.199. The molecule has 1 aliphatic rings. The summed E-state index contributed by atoms with van der Waals surface area (Å²) >= 11 is 0. The smallest absolute Gasteiger partial charge is 0.230 e. The lowest BCUT2D eigenvalue weighted by molar-refractivity contribution is -0.147. The maximum Gasteiger partial charge on any atom is 0.230 e. The molecule has 0 spiro atoms. The van der Waals surface area contributed by atoms with E-state index >= 15 is 0 Å². The fourth-order valence-electron chi connectivity index (χ4n) is 2.46. The van der Waals surface area contributed by atoms with Crippen molar-refractivity contribution in [2.45, 2.75) is 32.7 Å². The number of hydrogen-bond acceptors (Lipinski definition) is 3. The predicted octanol–water partition coefficient (Wildman–Crippen LogP) is 1.56. The van der Waals surface area contributed by atoms with Gasteiger partial charge in [0.2, 0.25) is 5.91 Å². The van der Waals surface area contributed by atoms with Crippen LogP contribution < -0.4 is 5.73 Å². The highest BCUT2D eigenvalue weighted by Gasteiger charge is 2.44. The molecule has 1 aromatic heterocycles. The lowest BCUT2D eigenvalue weighted by atomic mass is 9.68. The zero-order valence-electron chi connectivity index (χ0n) is 10.9. The first-order chi connectivity index (χ1) is 8.72. The largest absolute Gasteiger partial charge is 0.337 e. The molecule has 18 heavy (non-hydrogen) atoms. The molecule has 1 fully saturated rings. The lowest BCUT2D eigenvalue weighted by Crippen LogP contribution is -2.51. The molecule has 1 heterocycles. The van der Waals surface area contributed by atoms with Crippen LogP contribution in [0, 0.1) is 5.41 Å². The molecular formula is C14H21N3O. The molecule has 1 amide bonds. The number of carbonyl (C=O) groups is 1. The quantitative estimate of drug-likeness (QED) is 0.859. The molecule has 98 valence electrons. The monoisotopic (exact) mass is 247 g/mol. The fourth-order valence-corrected chi connectivity index (χ4v) is 2.46. The average molecular weight is 247 g/mol. The summed E-state index contributed by atoms with van der Waals surface area (Å²) in [7, 11) is 0. The standard InChI is InChI=1S/C14H21N3O/c1-2-17(10-12-6-3-4-9-16-12)13(18)14(11-15)7-5-8-14/h3-4,6,9H,2,5,7-8,10-11,15H2,1H3. The van der Waals surface area contributed by atoms with E-state index in [1.165, 1.54) is 0 Å². The summed E-state index contributed by atoms with van der Waals surface area (Å²) in [5.74, 6) is 0.199. The number of nitrogens with zero attached hydrogens (tertiary/aromatic N) is 2. The summed E-state index contributed by atoms with van der Waals surface area (Å²) in [4.78, 5) is 18.7. The van der Waals surface area contributed by atoms with Crippen LogP contribution in [0.1, 0.15) is 31.9 Å².